The van der Waals surface area contributed by atoms with Crippen molar-refractivity contribution in [3.8, 4) is 0 Å². The van der Waals surface area contributed by atoms with E-state index in [-0.39, 0.29) is 12.2 Å². The first-order valence-electron chi connectivity index (χ1n) is 6.58. The zero-order valence-electron chi connectivity index (χ0n) is 12.2. The molecule has 1 aromatic heterocycles. The summed E-state index contributed by atoms with van der Waals surface area (Å²) in [6.07, 6.45) is 2.75. The minimum atomic E-state index is -3.18. The van der Waals surface area contributed by atoms with Crippen LogP contribution in [0.3, 0.4) is 0 Å². The Bertz CT molecular complexity index is 885. The van der Waals surface area contributed by atoms with Crippen LogP contribution in [0.4, 0.5) is 0 Å². The van der Waals surface area contributed by atoms with E-state index < -0.39 is 15.7 Å². The van der Waals surface area contributed by atoms with Crippen LogP contribution in [0.5, 0.6) is 0 Å². The molecule has 0 radical (unpaired) electrons. The summed E-state index contributed by atoms with van der Waals surface area (Å²) in [5, 5.41) is 2.88. The van der Waals surface area contributed by atoms with Gasteiger partial charge in [-0.3, -0.25) is 4.79 Å². The zero-order valence-corrected chi connectivity index (χ0v) is 15.3. The predicted octanol–water partition coefficient (Wildman–Crippen LogP) is 2.77. The first-order chi connectivity index (χ1) is 10.7. The van der Waals surface area contributed by atoms with Gasteiger partial charge in [0.15, 0.2) is 4.80 Å². The molecule has 0 saturated carbocycles. The second kappa shape index (κ2) is 7.61. The molecule has 9 heteroatoms. The summed E-state index contributed by atoms with van der Waals surface area (Å²) in [5.74, 6) is -0.669. The van der Waals surface area contributed by atoms with Gasteiger partial charge in [-0.25, -0.2) is 8.42 Å². The molecule has 0 aliphatic carbocycles. The smallest absolute Gasteiger partial charge is 0.249 e. The van der Waals surface area contributed by atoms with Crippen LogP contribution < -0.4 is 4.80 Å². The lowest BCUT2D eigenvalue weighted by atomic mass is 10.2. The summed E-state index contributed by atoms with van der Waals surface area (Å²) >= 11 is 13.3. The largest absolute Gasteiger partial charge is 0.319 e. The van der Waals surface area contributed by atoms with Crippen molar-refractivity contribution in [3.05, 3.63) is 50.2 Å². The van der Waals surface area contributed by atoms with E-state index in [0.29, 0.717) is 21.4 Å². The molecule has 2 aromatic rings. The molecule has 0 saturated heterocycles. The van der Waals surface area contributed by atoms with Crippen molar-refractivity contribution in [2.45, 2.75) is 13.0 Å². The lowest BCUT2D eigenvalue weighted by molar-refractivity contribution is -0.117. The molecule has 0 N–H and O–H groups in total. The number of sulfone groups is 1. The molecule has 0 spiro atoms. The molecule has 0 aliphatic heterocycles. The SMILES string of the molecule is CS(=O)(=O)CCC(=O)N=c1sccn1Cc1ccc(Cl)cc1Cl. The topological polar surface area (TPSA) is 68.5 Å². The molecule has 1 amide bonds. The van der Waals surface area contributed by atoms with Crippen molar-refractivity contribution < 1.29 is 13.2 Å². The molecule has 2 rings (SSSR count). The van der Waals surface area contributed by atoms with Gasteiger partial charge in [0.05, 0.1) is 12.3 Å². The monoisotopic (exact) mass is 392 g/mol. The van der Waals surface area contributed by atoms with Gasteiger partial charge in [0.2, 0.25) is 5.91 Å². The molecule has 0 aliphatic rings. The van der Waals surface area contributed by atoms with E-state index in [1.54, 1.807) is 28.3 Å². The Morgan fingerprint density at radius 1 is 1.35 bits per heavy atom. The van der Waals surface area contributed by atoms with Gasteiger partial charge in [-0.1, -0.05) is 29.3 Å². The van der Waals surface area contributed by atoms with Crippen molar-refractivity contribution in [2.75, 3.05) is 12.0 Å². The maximum atomic E-state index is 11.8. The minimum Gasteiger partial charge on any atom is -0.319 e. The molecule has 0 atom stereocenters. The van der Waals surface area contributed by atoms with E-state index in [1.165, 1.54) is 11.3 Å². The van der Waals surface area contributed by atoms with Gasteiger partial charge in [0.25, 0.3) is 0 Å². The Hall–Kier alpha value is -1.15. The standard InChI is InChI=1S/C14H14Cl2N2O3S2/c1-23(20,21)7-4-13(19)17-14-18(5-6-22-14)9-10-2-3-11(15)8-12(10)16/h2-3,5-6,8H,4,7,9H2,1H3. The number of hydrogen-bond donors (Lipinski definition) is 0. The summed E-state index contributed by atoms with van der Waals surface area (Å²) < 4.78 is 24.0. The van der Waals surface area contributed by atoms with Gasteiger partial charge in [-0.2, -0.15) is 4.99 Å². The Labute approximate surface area is 148 Å². The highest BCUT2D eigenvalue weighted by Gasteiger charge is 2.08. The summed E-state index contributed by atoms with van der Waals surface area (Å²) in [4.78, 5) is 16.3. The molecule has 1 heterocycles. The second-order valence-corrected chi connectivity index (χ2v) is 8.91. The number of amides is 1. The molecule has 0 fully saturated rings. The normalized spacial score (nSPS) is 12.6. The molecule has 1 aromatic carbocycles. The Balaban J connectivity index is 2.19. The highest BCUT2D eigenvalue weighted by atomic mass is 35.5. The van der Waals surface area contributed by atoms with Gasteiger partial charge in [0, 0.05) is 34.3 Å². The van der Waals surface area contributed by atoms with Crippen LogP contribution in [0.2, 0.25) is 10.0 Å². The van der Waals surface area contributed by atoms with E-state index in [4.69, 9.17) is 23.2 Å². The van der Waals surface area contributed by atoms with Crippen LogP contribution in [0.25, 0.3) is 0 Å². The lowest BCUT2D eigenvalue weighted by Gasteiger charge is -2.06. The molecular formula is C14H14Cl2N2O3S2. The first kappa shape index (κ1) is 18.2. The Morgan fingerprint density at radius 2 is 2.09 bits per heavy atom. The number of benzene rings is 1. The van der Waals surface area contributed by atoms with E-state index in [2.05, 4.69) is 4.99 Å². The summed E-state index contributed by atoms with van der Waals surface area (Å²) in [6.45, 7) is 0.442. The number of hydrogen-bond acceptors (Lipinski definition) is 4. The molecule has 23 heavy (non-hydrogen) atoms. The van der Waals surface area contributed by atoms with Gasteiger partial charge in [-0.15, -0.1) is 11.3 Å². The van der Waals surface area contributed by atoms with Crippen LogP contribution in [-0.2, 0) is 21.2 Å². The number of carbonyl (C=O) groups excluding carboxylic acids is 1. The maximum absolute atomic E-state index is 11.8. The maximum Gasteiger partial charge on any atom is 0.249 e. The first-order valence-corrected chi connectivity index (χ1v) is 10.3. The number of rotatable bonds is 5. The van der Waals surface area contributed by atoms with Crippen LogP contribution in [-0.4, -0.2) is 30.9 Å². The van der Waals surface area contributed by atoms with Crippen LogP contribution in [0, 0.1) is 0 Å². The number of carbonyl (C=O) groups is 1. The van der Waals surface area contributed by atoms with Crippen molar-refractivity contribution >= 4 is 50.3 Å². The van der Waals surface area contributed by atoms with Crippen molar-refractivity contribution in [1.82, 2.24) is 4.57 Å². The van der Waals surface area contributed by atoms with Gasteiger partial charge in [0.1, 0.15) is 9.84 Å². The molecule has 5 nitrogen and oxygen atoms in total. The zero-order chi connectivity index (χ0) is 17.0. The fraction of sp³-hybridized carbons (Fsp3) is 0.286. The summed E-state index contributed by atoms with van der Waals surface area (Å²) in [5.41, 5.74) is 0.847. The highest BCUT2D eigenvalue weighted by Crippen LogP contribution is 2.21. The van der Waals surface area contributed by atoms with Crippen molar-refractivity contribution in [2.24, 2.45) is 4.99 Å². The average Bonchev–Trinajstić information content (AvgIpc) is 2.86. The lowest BCUT2D eigenvalue weighted by Crippen LogP contribution is -2.18. The predicted molar refractivity (Wildman–Crippen MR) is 92.8 cm³/mol. The Morgan fingerprint density at radius 3 is 2.74 bits per heavy atom. The highest BCUT2D eigenvalue weighted by molar-refractivity contribution is 7.90. The number of thiazole rings is 1. The number of nitrogens with zero attached hydrogens (tertiary/aromatic N) is 2. The number of aromatic nitrogens is 1. The van der Waals surface area contributed by atoms with Gasteiger partial charge >= 0.3 is 0 Å². The summed E-state index contributed by atoms with van der Waals surface area (Å²) in [6, 6.07) is 5.20. The van der Waals surface area contributed by atoms with Crippen molar-refractivity contribution in [3.63, 3.8) is 0 Å². The van der Waals surface area contributed by atoms with Crippen LogP contribution >= 0.6 is 34.5 Å². The third kappa shape index (κ3) is 5.76. The van der Waals surface area contributed by atoms with Crippen molar-refractivity contribution in [1.29, 1.82) is 0 Å². The minimum absolute atomic E-state index is 0.127. The number of halogens is 2. The molecular weight excluding hydrogens is 379 g/mol. The average molecular weight is 393 g/mol. The fourth-order valence-electron chi connectivity index (χ4n) is 1.78. The summed E-state index contributed by atoms with van der Waals surface area (Å²) in [7, 11) is -3.18. The van der Waals surface area contributed by atoms with Crippen LogP contribution in [0.1, 0.15) is 12.0 Å². The van der Waals surface area contributed by atoms with E-state index >= 15 is 0 Å². The third-order valence-electron chi connectivity index (χ3n) is 2.92. The van der Waals surface area contributed by atoms with Crippen LogP contribution in [0.15, 0.2) is 34.8 Å². The van der Waals surface area contributed by atoms with Gasteiger partial charge in [-0.05, 0) is 17.7 Å². The van der Waals surface area contributed by atoms with E-state index in [1.807, 2.05) is 6.07 Å². The molecule has 0 bridgehead atoms. The fourth-order valence-corrected chi connectivity index (χ4v) is 3.53. The van der Waals surface area contributed by atoms with Gasteiger partial charge < -0.3 is 4.57 Å². The third-order valence-corrected chi connectivity index (χ3v) is 5.25. The molecule has 0 unspecified atom stereocenters. The second-order valence-electron chi connectivity index (χ2n) is 4.93. The Kier molecular flexibility index (Phi) is 6.02. The molecule has 124 valence electrons. The quantitative estimate of drug-likeness (QED) is 0.785. The van der Waals surface area contributed by atoms with E-state index in [9.17, 15) is 13.2 Å². The van der Waals surface area contributed by atoms with E-state index in [0.717, 1.165) is 11.8 Å².